The van der Waals surface area contributed by atoms with Crippen molar-refractivity contribution in [3.8, 4) is 0 Å². The van der Waals surface area contributed by atoms with E-state index in [1.807, 2.05) is 16.0 Å². The van der Waals surface area contributed by atoms with Crippen molar-refractivity contribution in [2.75, 3.05) is 18.0 Å². The summed E-state index contributed by atoms with van der Waals surface area (Å²) >= 11 is 1.59. The molecule has 2 aromatic rings. The molecule has 6 nitrogen and oxygen atoms in total. The molecule has 2 aromatic heterocycles. The fourth-order valence-electron chi connectivity index (χ4n) is 2.67. The van der Waals surface area contributed by atoms with Crippen LogP contribution in [0.5, 0.6) is 0 Å². The Morgan fingerprint density at radius 1 is 1.58 bits per heavy atom. The zero-order valence-electron chi connectivity index (χ0n) is 10.6. The number of nitrogens with two attached hydrogens (primary N) is 2. The second-order valence-electron chi connectivity index (χ2n) is 4.83. The van der Waals surface area contributed by atoms with Crippen molar-refractivity contribution in [3.05, 3.63) is 17.3 Å². The molecular weight excluding hydrogens is 262 g/mol. The van der Waals surface area contributed by atoms with Gasteiger partial charge in [0.25, 0.3) is 0 Å². The molecule has 0 spiro atoms. The highest BCUT2D eigenvalue weighted by atomic mass is 32.1. The lowest BCUT2D eigenvalue weighted by Gasteiger charge is -2.31. The molecular formula is C12H17N5OS. The molecule has 0 saturated carbocycles. The molecule has 4 N–H and O–H groups in total. The Morgan fingerprint density at radius 3 is 3.16 bits per heavy atom. The zero-order chi connectivity index (χ0) is 13.4. The summed E-state index contributed by atoms with van der Waals surface area (Å²) in [6.07, 6.45) is 3.81. The minimum atomic E-state index is -0.222. The maximum Gasteiger partial charge on any atom is 0.222 e. The Labute approximate surface area is 115 Å². The van der Waals surface area contributed by atoms with E-state index < -0.39 is 0 Å². The first-order chi connectivity index (χ1) is 9.20. The number of hydrogen-bond acceptors (Lipinski definition) is 5. The molecule has 1 unspecified atom stereocenters. The van der Waals surface area contributed by atoms with Gasteiger partial charge in [-0.15, -0.1) is 11.3 Å². The number of nitrogens with zero attached hydrogens (tertiary/aromatic N) is 3. The van der Waals surface area contributed by atoms with Gasteiger partial charge < -0.3 is 16.4 Å². The van der Waals surface area contributed by atoms with Crippen LogP contribution in [-0.4, -0.2) is 28.4 Å². The lowest BCUT2D eigenvalue weighted by Crippen LogP contribution is -2.41. The van der Waals surface area contributed by atoms with Crippen molar-refractivity contribution in [1.82, 2.24) is 9.38 Å². The summed E-state index contributed by atoms with van der Waals surface area (Å²) in [5, 5.41) is 1.99. The van der Waals surface area contributed by atoms with Gasteiger partial charge in [0.1, 0.15) is 0 Å². The molecule has 1 aliphatic heterocycles. The fraction of sp³-hybridized carbons (Fsp3) is 0.500. The average Bonchev–Trinajstić information content (AvgIpc) is 2.98. The molecule has 0 radical (unpaired) electrons. The number of fused-ring (bicyclic) bond motifs is 1. The number of thiazole rings is 1. The van der Waals surface area contributed by atoms with Crippen molar-refractivity contribution in [3.63, 3.8) is 0 Å². The van der Waals surface area contributed by atoms with Crippen LogP contribution in [0.1, 0.15) is 18.5 Å². The molecule has 1 fully saturated rings. The lowest BCUT2D eigenvalue weighted by atomic mass is 9.97. The molecule has 1 amide bonds. The lowest BCUT2D eigenvalue weighted by molar-refractivity contribution is -0.122. The topological polar surface area (TPSA) is 89.6 Å². The van der Waals surface area contributed by atoms with E-state index in [1.165, 1.54) is 0 Å². The maximum absolute atomic E-state index is 11.4. The molecule has 7 heteroatoms. The predicted molar refractivity (Wildman–Crippen MR) is 75.1 cm³/mol. The van der Waals surface area contributed by atoms with E-state index in [0.717, 1.165) is 35.9 Å². The largest absolute Gasteiger partial charge is 0.369 e. The van der Waals surface area contributed by atoms with Crippen LogP contribution in [0.3, 0.4) is 0 Å². The highest BCUT2D eigenvalue weighted by molar-refractivity contribution is 7.15. The normalized spacial score (nSPS) is 20.1. The van der Waals surface area contributed by atoms with Crippen molar-refractivity contribution in [2.45, 2.75) is 19.4 Å². The Hall–Kier alpha value is -1.60. The smallest absolute Gasteiger partial charge is 0.222 e. The highest BCUT2D eigenvalue weighted by Gasteiger charge is 2.27. The first-order valence-corrected chi connectivity index (χ1v) is 7.27. The van der Waals surface area contributed by atoms with Crippen LogP contribution in [0, 0.1) is 5.92 Å². The molecule has 1 atom stereocenters. The molecule has 0 aliphatic carbocycles. The van der Waals surface area contributed by atoms with E-state index in [-0.39, 0.29) is 11.8 Å². The number of primary amides is 1. The molecule has 19 heavy (non-hydrogen) atoms. The molecule has 3 rings (SSSR count). The van der Waals surface area contributed by atoms with Gasteiger partial charge in [-0.05, 0) is 12.8 Å². The first-order valence-electron chi connectivity index (χ1n) is 6.39. The van der Waals surface area contributed by atoms with Gasteiger partial charge >= 0.3 is 0 Å². The minimum Gasteiger partial charge on any atom is -0.369 e. The van der Waals surface area contributed by atoms with Gasteiger partial charge in [-0.3, -0.25) is 9.20 Å². The molecule has 1 aliphatic rings. The number of imidazole rings is 1. The second kappa shape index (κ2) is 4.82. The zero-order valence-corrected chi connectivity index (χ0v) is 11.4. The van der Waals surface area contributed by atoms with Crippen LogP contribution >= 0.6 is 11.3 Å². The summed E-state index contributed by atoms with van der Waals surface area (Å²) in [6.45, 7) is 1.99. The fourth-order valence-corrected chi connectivity index (χ4v) is 3.39. The summed E-state index contributed by atoms with van der Waals surface area (Å²) < 4.78 is 2.02. The van der Waals surface area contributed by atoms with E-state index in [1.54, 1.807) is 11.3 Å². The summed E-state index contributed by atoms with van der Waals surface area (Å²) in [5.41, 5.74) is 12.3. The van der Waals surface area contributed by atoms with Gasteiger partial charge in [-0.1, -0.05) is 0 Å². The SMILES string of the molecule is NCc1c(N2CCCC(C(N)=O)C2)nc2sccn12. The van der Waals surface area contributed by atoms with Gasteiger partial charge in [0.2, 0.25) is 5.91 Å². The van der Waals surface area contributed by atoms with E-state index in [9.17, 15) is 4.79 Å². The van der Waals surface area contributed by atoms with E-state index in [4.69, 9.17) is 11.5 Å². The quantitative estimate of drug-likeness (QED) is 0.859. The van der Waals surface area contributed by atoms with E-state index in [2.05, 4.69) is 9.88 Å². The Kier molecular flexibility index (Phi) is 3.16. The first kappa shape index (κ1) is 12.4. The van der Waals surface area contributed by atoms with Crippen molar-refractivity contribution in [1.29, 1.82) is 0 Å². The number of piperidine rings is 1. The van der Waals surface area contributed by atoms with Crippen LogP contribution in [0.4, 0.5) is 5.82 Å². The minimum absolute atomic E-state index is 0.0842. The van der Waals surface area contributed by atoms with Crippen LogP contribution < -0.4 is 16.4 Å². The van der Waals surface area contributed by atoms with Gasteiger partial charge in [0.05, 0.1) is 11.6 Å². The third kappa shape index (κ3) is 2.08. The average molecular weight is 279 g/mol. The molecule has 102 valence electrons. The summed E-state index contributed by atoms with van der Waals surface area (Å²) in [6, 6.07) is 0. The Bertz CT molecular complexity index is 604. The molecule has 0 bridgehead atoms. The molecule has 1 saturated heterocycles. The highest BCUT2D eigenvalue weighted by Crippen LogP contribution is 2.28. The number of aromatic nitrogens is 2. The van der Waals surface area contributed by atoms with Crippen molar-refractivity contribution >= 4 is 28.0 Å². The number of carbonyl (C=O) groups excluding carboxylic acids is 1. The predicted octanol–water partition coefficient (Wildman–Crippen LogP) is 0.556. The molecule has 0 aromatic carbocycles. The van der Waals surface area contributed by atoms with Gasteiger partial charge in [-0.25, -0.2) is 4.98 Å². The number of amides is 1. The number of anilines is 1. The Morgan fingerprint density at radius 2 is 2.42 bits per heavy atom. The van der Waals surface area contributed by atoms with Crippen LogP contribution in [0.2, 0.25) is 0 Å². The van der Waals surface area contributed by atoms with Gasteiger partial charge in [0.15, 0.2) is 10.8 Å². The molecule has 3 heterocycles. The van der Waals surface area contributed by atoms with E-state index >= 15 is 0 Å². The number of rotatable bonds is 3. The Balaban J connectivity index is 1.94. The summed E-state index contributed by atoms with van der Waals surface area (Å²) in [7, 11) is 0. The van der Waals surface area contributed by atoms with Crippen LogP contribution in [0.15, 0.2) is 11.6 Å². The van der Waals surface area contributed by atoms with Crippen molar-refractivity contribution < 1.29 is 4.79 Å². The monoisotopic (exact) mass is 279 g/mol. The van der Waals surface area contributed by atoms with Crippen LogP contribution in [0.25, 0.3) is 4.96 Å². The van der Waals surface area contributed by atoms with Crippen LogP contribution in [-0.2, 0) is 11.3 Å². The number of carbonyl (C=O) groups is 1. The summed E-state index contributed by atoms with van der Waals surface area (Å²) in [4.78, 5) is 19.1. The third-order valence-corrected chi connectivity index (χ3v) is 4.41. The van der Waals surface area contributed by atoms with E-state index in [0.29, 0.717) is 13.1 Å². The second-order valence-corrected chi connectivity index (χ2v) is 5.70. The summed E-state index contributed by atoms with van der Waals surface area (Å²) in [5.74, 6) is 0.597. The van der Waals surface area contributed by atoms with Crippen molar-refractivity contribution in [2.24, 2.45) is 17.4 Å². The van der Waals surface area contributed by atoms with Gasteiger partial charge in [-0.2, -0.15) is 0 Å². The van der Waals surface area contributed by atoms with Gasteiger partial charge in [0, 0.05) is 31.2 Å². The standard InChI is InChI=1S/C12H17N5OS/c13-6-9-11(15-12-17(9)4-5-19-12)16-3-1-2-8(7-16)10(14)18/h4-5,8H,1-3,6-7,13H2,(H2,14,18). The maximum atomic E-state index is 11.4. The third-order valence-electron chi connectivity index (χ3n) is 3.66. The number of hydrogen-bond donors (Lipinski definition) is 2.